The van der Waals surface area contributed by atoms with Crippen molar-refractivity contribution in [1.29, 1.82) is 0 Å². The Kier molecular flexibility index (Phi) is 4.21. The van der Waals surface area contributed by atoms with Crippen molar-refractivity contribution in [3.05, 3.63) is 36.2 Å². The maximum atomic E-state index is 13.4. The van der Waals surface area contributed by atoms with Gasteiger partial charge in [0.1, 0.15) is 0 Å². The third kappa shape index (κ3) is 2.82. The molecular formula is C17H19F2N3O2S. The minimum absolute atomic E-state index is 0.0543. The SMILES string of the molecule is O=S(=O)(c1cccc2cncc(C(F)F)c12)N1CC2CCCNC2C1. The number of aromatic nitrogens is 1. The Morgan fingerprint density at radius 3 is 2.84 bits per heavy atom. The van der Waals surface area contributed by atoms with Crippen molar-refractivity contribution >= 4 is 20.8 Å². The van der Waals surface area contributed by atoms with Crippen molar-refractivity contribution in [2.75, 3.05) is 19.6 Å². The molecule has 1 N–H and O–H groups in total. The highest BCUT2D eigenvalue weighted by atomic mass is 32.2. The van der Waals surface area contributed by atoms with Crippen molar-refractivity contribution in [3.63, 3.8) is 0 Å². The van der Waals surface area contributed by atoms with Gasteiger partial charge in [-0.25, -0.2) is 17.2 Å². The molecule has 2 aromatic rings. The average Bonchev–Trinajstić information content (AvgIpc) is 3.05. The van der Waals surface area contributed by atoms with Crippen molar-refractivity contribution in [2.24, 2.45) is 5.92 Å². The number of benzene rings is 1. The van der Waals surface area contributed by atoms with Crippen LogP contribution in [0.5, 0.6) is 0 Å². The topological polar surface area (TPSA) is 62.3 Å². The molecule has 0 spiro atoms. The van der Waals surface area contributed by atoms with Gasteiger partial charge >= 0.3 is 0 Å². The van der Waals surface area contributed by atoms with Gasteiger partial charge in [-0.05, 0) is 31.4 Å². The lowest BCUT2D eigenvalue weighted by Crippen LogP contribution is -2.41. The Hall–Kier alpha value is -1.64. The van der Waals surface area contributed by atoms with Gasteiger partial charge in [0, 0.05) is 47.9 Å². The van der Waals surface area contributed by atoms with Gasteiger partial charge in [-0.1, -0.05) is 12.1 Å². The van der Waals surface area contributed by atoms with Crippen molar-refractivity contribution in [2.45, 2.75) is 30.2 Å². The molecule has 0 aliphatic carbocycles. The molecule has 134 valence electrons. The third-order valence-electron chi connectivity index (χ3n) is 5.19. The lowest BCUT2D eigenvalue weighted by atomic mass is 9.94. The highest BCUT2D eigenvalue weighted by molar-refractivity contribution is 7.89. The normalized spacial score (nSPS) is 24.8. The second-order valence-corrected chi connectivity index (χ2v) is 8.57. The van der Waals surface area contributed by atoms with E-state index in [1.807, 2.05) is 0 Å². The molecule has 0 saturated carbocycles. The molecular weight excluding hydrogens is 348 g/mol. The minimum atomic E-state index is -3.85. The number of pyridine rings is 1. The molecule has 5 nitrogen and oxygen atoms in total. The Morgan fingerprint density at radius 1 is 1.24 bits per heavy atom. The van der Waals surface area contributed by atoms with Crippen LogP contribution in [0.3, 0.4) is 0 Å². The summed E-state index contributed by atoms with van der Waals surface area (Å²) in [6.07, 6.45) is 1.72. The van der Waals surface area contributed by atoms with Gasteiger partial charge in [-0.15, -0.1) is 0 Å². The van der Waals surface area contributed by atoms with Crippen LogP contribution in [0, 0.1) is 5.92 Å². The molecule has 2 aliphatic rings. The number of alkyl halides is 2. The minimum Gasteiger partial charge on any atom is -0.312 e. The van der Waals surface area contributed by atoms with Crippen LogP contribution in [0.4, 0.5) is 8.78 Å². The standard InChI is InChI=1S/C17H19F2N3O2S/c18-17(19)13-8-20-7-11-3-1-5-15(16(11)13)25(23,24)22-9-12-4-2-6-21-14(12)10-22/h1,3,5,7-8,12,14,17,21H,2,4,6,9-10H2. The molecule has 1 aromatic carbocycles. The van der Waals surface area contributed by atoms with Crippen molar-refractivity contribution < 1.29 is 17.2 Å². The number of piperidine rings is 1. The Labute approximate surface area is 145 Å². The fraction of sp³-hybridized carbons (Fsp3) is 0.471. The number of nitrogens with zero attached hydrogens (tertiary/aromatic N) is 2. The molecule has 2 aliphatic heterocycles. The zero-order valence-electron chi connectivity index (χ0n) is 13.5. The lowest BCUT2D eigenvalue weighted by Gasteiger charge is -2.24. The molecule has 25 heavy (non-hydrogen) atoms. The number of hydrogen-bond donors (Lipinski definition) is 1. The average molecular weight is 367 g/mol. The first-order valence-corrected chi connectivity index (χ1v) is 9.81. The van der Waals surface area contributed by atoms with E-state index in [-0.39, 0.29) is 27.8 Å². The molecule has 2 fully saturated rings. The van der Waals surface area contributed by atoms with Crippen LogP contribution >= 0.6 is 0 Å². The Bertz CT molecular complexity index is 885. The second-order valence-electron chi connectivity index (χ2n) is 6.67. The highest BCUT2D eigenvalue weighted by Gasteiger charge is 2.40. The first kappa shape index (κ1) is 16.8. The molecule has 0 bridgehead atoms. The summed E-state index contributed by atoms with van der Waals surface area (Å²) in [6, 6.07) is 4.75. The van der Waals surface area contributed by atoms with Crippen molar-refractivity contribution in [3.8, 4) is 0 Å². The fourth-order valence-electron chi connectivity index (χ4n) is 3.95. The number of nitrogens with one attached hydrogen (secondary N) is 1. The third-order valence-corrected chi connectivity index (χ3v) is 7.07. The first-order chi connectivity index (χ1) is 12.0. The van der Waals surface area contributed by atoms with Gasteiger partial charge in [-0.3, -0.25) is 4.98 Å². The van der Waals surface area contributed by atoms with E-state index in [1.165, 1.54) is 16.6 Å². The van der Waals surface area contributed by atoms with Gasteiger partial charge < -0.3 is 5.32 Å². The Balaban J connectivity index is 1.81. The molecule has 0 amide bonds. The van der Waals surface area contributed by atoms with Crippen LogP contribution in [0.1, 0.15) is 24.8 Å². The first-order valence-electron chi connectivity index (χ1n) is 8.37. The smallest absolute Gasteiger partial charge is 0.265 e. The maximum Gasteiger partial charge on any atom is 0.265 e. The summed E-state index contributed by atoms with van der Waals surface area (Å²) < 4.78 is 54.7. The largest absolute Gasteiger partial charge is 0.312 e. The van der Waals surface area contributed by atoms with E-state index >= 15 is 0 Å². The summed E-state index contributed by atoms with van der Waals surface area (Å²) >= 11 is 0. The van der Waals surface area contributed by atoms with E-state index in [1.54, 1.807) is 12.1 Å². The van der Waals surface area contributed by atoms with Crippen LogP contribution in [-0.4, -0.2) is 43.4 Å². The van der Waals surface area contributed by atoms with Gasteiger partial charge in [0.15, 0.2) is 0 Å². The van der Waals surface area contributed by atoms with Crippen LogP contribution in [0.25, 0.3) is 10.8 Å². The second kappa shape index (κ2) is 6.26. The van der Waals surface area contributed by atoms with Gasteiger partial charge in [0.25, 0.3) is 6.43 Å². The van der Waals surface area contributed by atoms with Gasteiger partial charge in [-0.2, -0.15) is 4.31 Å². The number of sulfonamides is 1. The zero-order valence-corrected chi connectivity index (χ0v) is 14.3. The molecule has 2 atom stereocenters. The summed E-state index contributed by atoms with van der Waals surface area (Å²) in [5.74, 6) is 0.287. The summed E-state index contributed by atoms with van der Waals surface area (Å²) in [7, 11) is -3.85. The Morgan fingerprint density at radius 2 is 2.08 bits per heavy atom. The molecule has 2 unspecified atom stereocenters. The number of hydrogen-bond acceptors (Lipinski definition) is 4. The van der Waals surface area contributed by atoms with E-state index in [0.717, 1.165) is 25.6 Å². The molecule has 3 heterocycles. The highest BCUT2D eigenvalue weighted by Crippen LogP contribution is 2.35. The zero-order chi connectivity index (χ0) is 17.6. The van der Waals surface area contributed by atoms with E-state index in [4.69, 9.17) is 0 Å². The molecule has 4 rings (SSSR count). The van der Waals surface area contributed by atoms with Crippen molar-refractivity contribution in [1.82, 2.24) is 14.6 Å². The van der Waals surface area contributed by atoms with E-state index in [2.05, 4.69) is 10.3 Å². The fourth-order valence-corrected chi connectivity index (χ4v) is 5.72. The number of fused-ring (bicyclic) bond motifs is 2. The molecule has 1 aromatic heterocycles. The van der Waals surface area contributed by atoms with Crippen LogP contribution in [0.2, 0.25) is 0 Å². The summed E-state index contributed by atoms with van der Waals surface area (Å²) in [6.45, 7) is 1.72. The monoisotopic (exact) mass is 367 g/mol. The van der Waals surface area contributed by atoms with E-state index in [0.29, 0.717) is 18.5 Å². The molecule has 8 heteroatoms. The summed E-state index contributed by atoms with van der Waals surface area (Å²) in [5, 5.41) is 3.86. The van der Waals surface area contributed by atoms with Gasteiger partial charge in [0.2, 0.25) is 10.0 Å². The number of halogens is 2. The quantitative estimate of drug-likeness (QED) is 0.906. The lowest BCUT2D eigenvalue weighted by molar-refractivity contribution is 0.152. The van der Waals surface area contributed by atoms with Crippen LogP contribution in [0.15, 0.2) is 35.5 Å². The van der Waals surface area contributed by atoms with Crippen LogP contribution < -0.4 is 5.32 Å². The van der Waals surface area contributed by atoms with Gasteiger partial charge in [0.05, 0.1) is 4.90 Å². The summed E-state index contributed by atoms with van der Waals surface area (Å²) in [5.41, 5.74) is -0.341. The maximum absolute atomic E-state index is 13.4. The number of rotatable bonds is 3. The summed E-state index contributed by atoms with van der Waals surface area (Å²) in [4.78, 5) is 3.76. The van der Waals surface area contributed by atoms with Crippen LogP contribution in [-0.2, 0) is 10.0 Å². The molecule has 0 radical (unpaired) electrons. The molecule has 2 saturated heterocycles. The van der Waals surface area contributed by atoms with E-state index < -0.39 is 16.4 Å². The predicted octanol–water partition coefficient (Wildman–Crippen LogP) is 2.54. The van der Waals surface area contributed by atoms with E-state index in [9.17, 15) is 17.2 Å². The predicted molar refractivity (Wildman–Crippen MR) is 90.0 cm³/mol.